The maximum Gasteiger partial charge on any atom is 0.311 e. The Kier molecular flexibility index (Phi) is 4.05. The summed E-state index contributed by atoms with van der Waals surface area (Å²) < 4.78 is 0. The fourth-order valence-corrected chi connectivity index (χ4v) is 4.34. The van der Waals surface area contributed by atoms with E-state index in [4.69, 9.17) is 0 Å². The second-order valence-corrected chi connectivity index (χ2v) is 7.10. The number of carboxylic acids is 1. The molecule has 2 fully saturated rings. The van der Waals surface area contributed by atoms with Crippen molar-refractivity contribution in [2.45, 2.75) is 51.4 Å². The lowest BCUT2D eigenvalue weighted by Crippen LogP contribution is -2.45. The molecule has 0 spiro atoms. The van der Waals surface area contributed by atoms with Crippen LogP contribution in [0.1, 0.15) is 51.4 Å². The Morgan fingerprint density at radius 2 is 1.81 bits per heavy atom. The topological polar surface area (TPSA) is 66.4 Å². The van der Waals surface area contributed by atoms with E-state index >= 15 is 0 Å². The van der Waals surface area contributed by atoms with Gasteiger partial charge in [0.15, 0.2) is 0 Å². The zero-order valence-corrected chi connectivity index (χ0v) is 12.5. The van der Waals surface area contributed by atoms with Gasteiger partial charge < -0.3 is 10.4 Å². The summed E-state index contributed by atoms with van der Waals surface area (Å²) in [7, 11) is 0. The van der Waals surface area contributed by atoms with Crippen molar-refractivity contribution in [3.05, 3.63) is 12.2 Å². The second kappa shape index (κ2) is 5.82. The first-order chi connectivity index (χ1) is 10.1. The Balaban J connectivity index is 1.60. The molecule has 0 aromatic carbocycles. The van der Waals surface area contributed by atoms with E-state index in [2.05, 4.69) is 17.5 Å². The molecule has 3 atom stereocenters. The molecule has 3 unspecified atom stereocenters. The van der Waals surface area contributed by atoms with Gasteiger partial charge in [-0.15, -0.1) is 0 Å². The van der Waals surface area contributed by atoms with Gasteiger partial charge in [0.2, 0.25) is 5.91 Å². The van der Waals surface area contributed by atoms with Crippen LogP contribution in [-0.4, -0.2) is 23.5 Å². The number of aliphatic carboxylic acids is 1. The van der Waals surface area contributed by atoms with E-state index in [1.54, 1.807) is 0 Å². The van der Waals surface area contributed by atoms with E-state index in [0.717, 1.165) is 38.5 Å². The van der Waals surface area contributed by atoms with Crippen molar-refractivity contribution in [1.29, 1.82) is 0 Å². The zero-order chi connectivity index (χ0) is 14.9. The molecule has 116 valence electrons. The number of carbonyl (C=O) groups is 2. The molecular weight excluding hydrogens is 266 g/mol. The first-order valence-corrected chi connectivity index (χ1v) is 8.30. The Bertz CT molecular complexity index is 449. The number of rotatable bonds is 4. The van der Waals surface area contributed by atoms with Gasteiger partial charge in [0, 0.05) is 12.5 Å². The SMILES string of the molecule is O=C(NCC1(C(=O)O)CCCCCC1)C1CC2C=CC1C2. The average Bonchev–Trinajstić information content (AvgIpc) is 3.01. The van der Waals surface area contributed by atoms with Crippen LogP contribution in [0.15, 0.2) is 12.2 Å². The highest BCUT2D eigenvalue weighted by Crippen LogP contribution is 2.43. The summed E-state index contributed by atoms with van der Waals surface area (Å²) in [5.41, 5.74) is -0.736. The van der Waals surface area contributed by atoms with Gasteiger partial charge in [-0.3, -0.25) is 9.59 Å². The summed E-state index contributed by atoms with van der Waals surface area (Å²) in [6.07, 6.45) is 11.9. The number of amides is 1. The number of fused-ring (bicyclic) bond motifs is 2. The number of allylic oxidation sites excluding steroid dienone is 2. The molecule has 3 aliphatic carbocycles. The van der Waals surface area contributed by atoms with Crippen LogP contribution < -0.4 is 5.32 Å². The van der Waals surface area contributed by atoms with Crippen LogP contribution in [-0.2, 0) is 9.59 Å². The van der Waals surface area contributed by atoms with Gasteiger partial charge in [0.1, 0.15) is 0 Å². The van der Waals surface area contributed by atoms with E-state index in [9.17, 15) is 14.7 Å². The smallest absolute Gasteiger partial charge is 0.311 e. The number of hydrogen-bond acceptors (Lipinski definition) is 2. The number of nitrogens with one attached hydrogen (secondary N) is 1. The van der Waals surface area contributed by atoms with Gasteiger partial charge in [-0.1, -0.05) is 37.8 Å². The predicted octanol–water partition coefficient (Wildman–Crippen LogP) is 2.74. The van der Waals surface area contributed by atoms with Gasteiger partial charge in [-0.25, -0.2) is 0 Å². The minimum absolute atomic E-state index is 0.0663. The molecule has 0 heterocycles. The Hall–Kier alpha value is -1.32. The van der Waals surface area contributed by atoms with Crippen LogP contribution >= 0.6 is 0 Å². The molecular formula is C17H25NO3. The van der Waals surface area contributed by atoms with Crippen molar-refractivity contribution < 1.29 is 14.7 Å². The van der Waals surface area contributed by atoms with E-state index in [1.807, 2.05) is 0 Å². The quantitative estimate of drug-likeness (QED) is 0.618. The molecule has 3 aliphatic rings. The van der Waals surface area contributed by atoms with E-state index in [0.29, 0.717) is 31.2 Å². The molecule has 1 amide bonds. The molecule has 2 saturated carbocycles. The Morgan fingerprint density at radius 1 is 1.10 bits per heavy atom. The zero-order valence-electron chi connectivity index (χ0n) is 12.5. The minimum Gasteiger partial charge on any atom is -0.481 e. The minimum atomic E-state index is -0.738. The van der Waals surface area contributed by atoms with Crippen LogP contribution in [0.4, 0.5) is 0 Å². The third-order valence-electron chi connectivity index (χ3n) is 5.73. The number of hydrogen-bond donors (Lipinski definition) is 2. The first kappa shape index (κ1) is 14.6. The van der Waals surface area contributed by atoms with Crippen LogP contribution in [0.2, 0.25) is 0 Å². The summed E-state index contributed by atoms with van der Waals surface area (Å²) in [6.45, 7) is 0.304. The molecule has 0 aromatic rings. The lowest BCUT2D eigenvalue weighted by molar-refractivity contribution is -0.150. The van der Waals surface area contributed by atoms with Gasteiger partial charge >= 0.3 is 5.97 Å². The fraction of sp³-hybridized carbons (Fsp3) is 0.765. The maximum absolute atomic E-state index is 12.4. The summed E-state index contributed by atoms with van der Waals surface area (Å²) in [5, 5.41) is 12.6. The van der Waals surface area contributed by atoms with E-state index in [1.165, 1.54) is 0 Å². The second-order valence-electron chi connectivity index (χ2n) is 7.10. The number of carboxylic acid groups (broad SMARTS) is 1. The average molecular weight is 291 g/mol. The van der Waals surface area contributed by atoms with Crippen molar-refractivity contribution in [2.75, 3.05) is 6.54 Å². The highest BCUT2D eigenvalue weighted by atomic mass is 16.4. The Labute approximate surface area is 126 Å². The first-order valence-electron chi connectivity index (χ1n) is 8.30. The highest BCUT2D eigenvalue weighted by Gasteiger charge is 2.42. The third kappa shape index (κ3) is 2.85. The molecule has 4 heteroatoms. The van der Waals surface area contributed by atoms with E-state index in [-0.39, 0.29) is 11.8 Å². The molecule has 0 aliphatic heterocycles. The monoisotopic (exact) mass is 291 g/mol. The summed E-state index contributed by atoms with van der Waals surface area (Å²) in [5.74, 6) is 0.341. The van der Waals surface area contributed by atoms with Crippen molar-refractivity contribution in [3.8, 4) is 0 Å². The van der Waals surface area contributed by atoms with Crippen molar-refractivity contribution in [3.63, 3.8) is 0 Å². The molecule has 0 radical (unpaired) electrons. The lowest BCUT2D eigenvalue weighted by Gasteiger charge is -2.29. The largest absolute Gasteiger partial charge is 0.481 e. The molecule has 2 bridgehead atoms. The van der Waals surface area contributed by atoms with Gasteiger partial charge in [0.25, 0.3) is 0 Å². The van der Waals surface area contributed by atoms with Crippen LogP contribution in [0.3, 0.4) is 0 Å². The molecule has 2 N–H and O–H groups in total. The summed E-state index contributed by atoms with van der Waals surface area (Å²) >= 11 is 0. The van der Waals surface area contributed by atoms with Crippen LogP contribution in [0.25, 0.3) is 0 Å². The fourth-order valence-electron chi connectivity index (χ4n) is 4.34. The summed E-state index contributed by atoms with van der Waals surface area (Å²) in [6, 6.07) is 0. The number of carbonyl (C=O) groups excluding carboxylic acids is 1. The molecule has 3 rings (SSSR count). The van der Waals surface area contributed by atoms with E-state index < -0.39 is 11.4 Å². The van der Waals surface area contributed by atoms with Gasteiger partial charge in [-0.05, 0) is 37.5 Å². The van der Waals surface area contributed by atoms with Gasteiger partial charge in [0.05, 0.1) is 5.41 Å². The van der Waals surface area contributed by atoms with Crippen LogP contribution in [0, 0.1) is 23.2 Å². The Morgan fingerprint density at radius 3 is 2.33 bits per heavy atom. The standard InChI is InChI=1S/C17H25NO3/c19-15(14-10-12-5-6-13(14)9-12)18-11-17(16(20)21)7-3-1-2-4-8-17/h5-6,12-14H,1-4,7-11H2,(H,18,19)(H,20,21). The molecule has 0 saturated heterocycles. The van der Waals surface area contributed by atoms with Crippen molar-refractivity contribution in [1.82, 2.24) is 5.32 Å². The predicted molar refractivity (Wildman–Crippen MR) is 79.6 cm³/mol. The van der Waals surface area contributed by atoms with Crippen molar-refractivity contribution in [2.24, 2.45) is 23.2 Å². The third-order valence-corrected chi connectivity index (χ3v) is 5.73. The normalized spacial score (nSPS) is 33.6. The van der Waals surface area contributed by atoms with Crippen LogP contribution in [0.5, 0.6) is 0 Å². The molecule has 4 nitrogen and oxygen atoms in total. The molecule has 0 aromatic heterocycles. The van der Waals surface area contributed by atoms with Crippen molar-refractivity contribution >= 4 is 11.9 Å². The summed E-state index contributed by atoms with van der Waals surface area (Å²) in [4.78, 5) is 24.1. The van der Waals surface area contributed by atoms with Gasteiger partial charge in [-0.2, -0.15) is 0 Å². The maximum atomic E-state index is 12.4. The highest BCUT2D eigenvalue weighted by molar-refractivity contribution is 5.81. The molecule has 21 heavy (non-hydrogen) atoms. The lowest BCUT2D eigenvalue weighted by atomic mass is 9.80.